The van der Waals surface area contributed by atoms with Gasteiger partial charge in [-0.1, -0.05) is 77.0 Å². The molecule has 0 aliphatic carbocycles. The molecule has 1 unspecified atom stereocenters. The number of carbonyl (C=O) groups is 1. The molecule has 2 heterocycles. The number of carbonyl (C=O) groups excluding carboxylic acids is 1. The zero-order valence-corrected chi connectivity index (χ0v) is 24.3. The third-order valence-corrected chi connectivity index (χ3v) is 7.67. The average Bonchev–Trinajstić information content (AvgIpc) is 3.21. The average molecular weight is 573 g/mol. The Kier molecular flexibility index (Phi) is 8.05. The van der Waals surface area contributed by atoms with E-state index in [1.807, 2.05) is 54.6 Å². The molecule has 0 radical (unpaired) electrons. The maximum Gasteiger partial charge on any atom is 0.338 e. The van der Waals surface area contributed by atoms with Crippen molar-refractivity contribution in [1.82, 2.24) is 4.57 Å². The van der Waals surface area contributed by atoms with Gasteiger partial charge < -0.3 is 9.47 Å². The van der Waals surface area contributed by atoms with Crippen molar-refractivity contribution in [3.05, 3.63) is 131 Å². The van der Waals surface area contributed by atoms with Crippen molar-refractivity contribution in [3.63, 3.8) is 0 Å². The minimum absolute atomic E-state index is 0.231. The van der Waals surface area contributed by atoms with Gasteiger partial charge in [0.15, 0.2) is 4.80 Å². The van der Waals surface area contributed by atoms with Gasteiger partial charge in [-0.15, -0.1) is 0 Å². The number of allylic oxidation sites excluding steroid dienone is 1. The molecule has 0 fully saturated rings. The van der Waals surface area contributed by atoms with Crippen molar-refractivity contribution < 1.29 is 14.3 Å². The van der Waals surface area contributed by atoms with Gasteiger partial charge >= 0.3 is 5.97 Å². The molecule has 4 aromatic rings. The second kappa shape index (κ2) is 11.7. The number of aryl methyl sites for hydroxylation is 1. The number of thiazole rings is 1. The molecule has 3 aromatic carbocycles. The molecule has 204 valence electrons. The summed E-state index contributed by atoms with van der Waals surface area (Å²) in [6.45, 7) is 7.88. The minimum atomic E-state index is -0.681. The summed E-state index contributed by atoms with van der Waals surface area (Å²) in [5, 5.41) is 0.564. The van der Waals surface area contributed by atoms with Crippen LogP contribution in [0, 0.1) is 6.92 Å². The van der Waals surface area contributed by atoms with Crippen LogP contribution < -0.4 is 19.6 Å². The number of fused-ring (bicyclic) bond motifs is 1. The number of halogens is 1. The summed E-state index contributed by atoms with van der Waals surface area (Å²) in [5.74, 6) is 0.249. The van der Waals surface area contributed by atoms with Crippen molar-refractivity contribution in [2.75, 3.05) is 0 Å². The van der Waals surface area contributed by atoms with Gasteiger partial charge in [-0.05, 0) is 74.7 Å². The molecule has 40 heavy (non-hydrogen) atoms. The molecule has 1 aliphatic heterocycles. The SMILES string of the molecule is CC1=C(C(=O)OC(C)C)C(c2ccc(Cl)cc2)n2c(sc(=Cc3ccc(OCc4cccc(C)c4)cc3)c2=O)=N1. The smallest absolute Gasteiger partial charge is 0.338 e. The standard InChI is InChI=1S/C32H29ClN2O4S/c1-19(2)39-31(37)28-21(4)34-32-35(29(28)24-10-12-25(33)13-11-24)30(36)27(40-32)17-22-8-14-26(15-9-22)38-18-23-7-5-6-20(3)16-23/h5-17,19,29H,18H2,1-4H3. The van der Waals surface area contributed by atoms with Gasteiger partial charge in [0.25, 0.3) is 5.56 Å². The molecule has 0 saturated carbocycles. The van der Waals surface area contributed by atoms with Gasteiger partial charge in [-0.3, -0.25) is 9.36 Å². The predicted octanol–water partition coefficient (Wildman–Crippen LogP) is 5.73. The number of hydrogen-bond donors (Lipinski definition) is 0. The molecule has 1 aromatic heterocycles. The number of hydrogen-bond acceptors (Lipinski definition) is 6. The number of ether oxygens (including phenoxy) is 2. The van der Waals surface area contributed by atoms with Crippen LogP contribution in [0.15, 0.2) is 93.9 Å². The molecular weight excluding hydrogens is 544 g/mol. The van der Waals surface area contributed by atoms with Crippen LogP contribution in [0.3, 0.4) is 0 Å². The number of nitrogens with zero attached hydrogens (tertiary/aromatic N) is 2. The first-order valence-electron chi connectivity index (χ1n) is 13.0. The highest BCUT2D eigenvalue weighted by Gasteiger charge is 2.33. The van der Waals surface area contributed by atoms with Crippen LogP contribution in [-0.2, 0) is 16.1 Å². The van der Waals surface area contributed by atoms with Crippen LogP contribution in [0.2, 0.25) is 5.02 Å². The van der Waals surface area contributed by atoms with E-state index in [1.165, 1.54) is 16.9 Å². The number of rotatable bonds is 7. The summed E-state index contributed by atoms with van der Waals surface area (Å²) >= 11 is 7.43. The number of esters is 1. The van der Waals surface area contributed by atoms with E-state index < -0.39 is 12.0 Å². The van der Waals surface area contributed by atoms with Crippen LogP contribution in [0.5, 0.6) is 5.75 Å². The van der Waals surface area contributed by atoms with Crippen molar-refractivity contribution in [1.29, 1.82) is 0 Å². The van der Waals surface area contributed by atoms with Crippen molar-refractivity contribution in [2.24, 2.45) is 4.99 Å². The molecule has 0 amide bonds. The zero-order chi connectivity index (χ0) is 28.4. The summed E-state index contributed by atoms with van der Waals surface area (Å²) in [6.07, 6.45) is 1.52. The lowest BCUT2D eigenvalue weighted by atomic mass is 9.96. The highest BCUT2D eigenvalue weighted by atomic mass is 35.5. The number of benzene rings is 3. The van der Waals surface area contributed by atoms with Crippen molar-refractivity contribution in [2.45, 2.75) is 46.4 Å². The third-order valence-electron chi connectivity index (χ3n) is 6.44. The highest BCUT2D eigenvalue weighted by Crippen LogP contribution is 2.31. The Morgan fingerprint density at radius 2 is 1.80 bits per heavy atom. The molecular formula is C32H29ClN2O4S. The van der Waals surface area contributed by atoms with Crippen molar-refractivity contribution in [3.8, 4) is 5.75 Å². The fourth-order valence-electron chi connectivity index (χ4n) is 4.60. The van der Waals surface area contributed by atoms with E-state index in [1.54, 1.807) is 37.5 Å². The lowest BCUT2D eigenvalue weighted by molar-refractivity contribution is -0.143. The van der Waals surface area contributed by atoms with E-state index >= 15 is 0 Å². The molecule has 1 atom stereocenters. The molecule has 8 heteroatoms. The van der Waals surface area contributed by atoms with Gasteiger partial charge in [0, 0.05) is 5.02 Å². The van der Waals surface area contributed by atoms with Gasteiger partial charge in [0.1, 0.15) is 12.4 Å². The first kappa shape index (κ1) is 27.6. The second-order valence-corrected chi connectivity index (χ2v) is 11.4. The Bertz CT molecular complexity index is 1770. The maximum atomic E-state index is 13.8. The van der Waals surface area contributed by atoms with Crippen LogP contribution in [0.1, 0.15) is 49.1 Å². The number of aromatic nitrogens is 1. The summed E-state index contributed by atoms with van der Waals surface area (Å²) < 4.78 is 13.6. The largest absolute Gasteiger partial charge is 0.489 e. The van der Waals surface area contributed by atoms with Gasteiger partial charge in [0.2, 0.25) is 0 Å². The first-order valence-corrected chi connectivity index (χ1v) is 14.2. The highest BCUT2D eigenvalue weighted by molar-refractivity contribution is 7.07. The van der Waals surface area contributed by atoms with Gasteiger partial charge in [0.05, 0.1) is 27.9 Å². The summed E-state index contributed by atoms with van der Waals surface area (Å²) in [6, 6.07) is 22.3. The monoisotopic (exact) mass is 572 g/mol. The molecule has 0 N–H and O–H groups in total. The van der Waals surface area contributed by atoms with Crippen LogP contribution >= 0.6 is 22.9 Å². The van der Waals surface area contributed by atoms with E-state index in [9.17, 15) is 9.59 Å². The molecule has 0 spiro atoms. The fraction of sp³-hybridized carbons (Fsp3) is 0.219. The van der Waals surface area contributed by atoms with Gasteiger partial charge in [-0.25, -0.2) is 9.79 Å². The van der Waals surface area contributed by atoms with Crippen LogP contribution in [0.25, 0.3) is 6.08 Å². The minimum Gasteiger partial charge on any atom is -0.489 e. The van der Waals surface area contributed by atoms with Crippen LogP contribution in [0.4, 0.5) is 0 Å². The lowest BCUT2D eigenvalue weighted by Crippen LogP contribution is -2.40. The Hall–Kier alpha value is -3.94. The third kappa shape index (κ3) is 5.96. The van der Waals surface area contributed by atoms with E-state index in [0.29, 0.717) is 32.2 Å². The molecule has 6 nitrogen and oxygen atoms in total. The Morgan fingerprint density at radius 3 is 2.48 bits per heavy atom. The topological polar surface area (TPSA) is 69.9 Å². The quantitative estimate of drug-likeness (QED) is 0.265. The normalized spacial score (nSPS) is 15.2. The van der Waals surface area contributed by atoms with E-state index in [-0.39, 0.29) is 11.7 Å². The molecule has 0 bridgehead atoms. The summed E-state index contributed by atoms with van der Waals surface area (Å²) in [5.41, 5.74) is 4.52. The maximum absolute atomic E-state index is 13.8. The van der Waals surface area contributed by atoms with E-state index in [4.69, 9.17) is 21.1 Å². The van der Waals surface area contributed by atoms with E-state index in [0.717, 1.165) is 22.4 Å². The Labute approximate surface area is 241 Å². The zero-order valence-electron chi connectivity index (χ0n) is 22.7. The predicted molar refractivity (Wildman–Crippen MR) is 158 cm³/mol. The molecule has 0 saturated heterocycles. The van der Waals surface area contributed by atoms with Crippen molar-refractivity contribution >= 4 is 35.0 Å². The first-order chi connectivity index (χ1) is 19.2. The lowest BCUT2D eigenvalue weighted by Gasteiger charge is -2.25. The van der Waals surface area contributed by atoms with Gasteiger partial charge in [-0.2, -0.15) is 0 Å². The van der Waals surface area contributed by atoms with Crippen LogP contribution in [-0.4, -0.2) is 16.6 Å². The fourth-order valence-corrected chi connectivity index (χ4v) is 5.77. The Morgan fingerprint density at radius 1 is 1.07 bits per heavy atom. The Balaban J connectivity index is 1.49. The molecule has 1 aliphatic rings. The second-order valence-electron chi connectivity index (χ2n) is 9.93. The molecule has 5 rings (SSSR count). The summed E-state index contributed by atoms with van der Waals surface area (Å²) in [7, 11) is 0. The van der Waals surface area contributed by atoms with E-state index in [2.05, 4.69) is 24.0 Å². The summed E-state index contributed by atoms with van der Waals surface area (Å²) in [4.78, 5) is 32.1.